The molecular weight excluding hydrogens is 404 g/mol. The van der Waals surface area contributed by atoms with Crippen molar-refractivity contribution < 1.29 is 9.90 Å². The van der Waals surface area contributed by atoms with E-state index in [9.17, 15) is 9.90 Å². The van der Waals surface area contributed by atoms with Crippen LogP contribution in [0.15, 0.2) is 30.6 Å². The highest BCUT2D eigenvalue weighted by Gasteiger charge is 2.23. The average Bonchev–Trinajstić information content (AvgIpc) is 3.39. The Morgan fingerprint density at radius 1 is 1.33 bits per heavy atom. The van der Waals surface area contributed by atoms with Gasteiger partial charge in [-0.05, 0) is 37.0 Å². The number of hydrogen-bond donors (Lipinski definition) is 3. The van der Waals surface area contributed by atoms with E-state index >= 15 is 0 Å². The van der Waals surface area contributed by atoms with Crippen LogP contribution in [0.3, 0.4) is 0 Å². The number of aromatic nitrogens is 4. The summed E-state index contributed by atoms with van der Waals surface area (Å²) < 4.78 is 2.10. The number of carboxylic acids is 1. The third-order valence-electron chi connectivity index (χ3n) is 5.50. The second kappa shape index (κ2) is 8.87. The summed E-state index contributed by atoms with van der Waals surface area (Å²) in [5.74, 6) is -0.0801. The summed E-state index contributed by atoms with van der Waals surface area (Å²) in [5, 5.41) is 16.4. The van der Waals surface area contributed by atoms with Crippen LogP contribution in [0.1, 0.15) is 50.6 Å². The van der Waals surface area contributed by atoms with E-state index in [4.69, 9.17) is 11.6 Å². The van der Waals surface area contributed by atoms with Crippen LogP contribution in [0.2, 0.25) is 5.02 Å². The maximum atomic E-state index is 11.5. The van der Waals surface area contributed by atoms with Crippen molar-refractivity contribution in [1.29, 1.82) is 0 Å². The number of carbonyl (C=O) groups is 1. The molecule has 1 saturated carbocycles. The van der Waals surface area contributed by atoms with Crippen molar-refractivity contribution in [3.63, 3.8) is 0 Å². The fourth-order valence-corrected chi connectivity index (χ4v) is 4.09. The number of benzene rings is 1. The Labute approximate surface area is 179 Å². The Kier molecular flexibility index (Phi) is 6.03. The van der Waals surface area contributed by atoms with Crippen molar-refractivity contribution in [1.82, 2.24) is 19.5 Å². The van der Waals surface area contributed by atoms with Crippen molar-refractivity contribution in [3.05, 3.63) is 41.2 Å². The van der Waals surface area contributed by atoms with Crippen LogP contribution in [0.25, 0.3) is 11.2 Å². The summed E-state index contributed by atoms with van der Waals surface area (Å²) in [6, 6.07) is 7.20. The SMILES string of the molecule is CC[C@@H](Nc1nc(NCc2cccc(Cl)c2)c2ncn(C3CCCC3)c2n1)C(=O)O. The monoisotopic (exact) mass is 428 g/mol. The van der Waals surface area contributed by atoms with E-state index in [2.05, 4.69) is 30.2 Å². The Hall–Kier alpha value is -2.87. The first-order valence-electron chi connectivity index (χ1n) is 10.3. The Bertz CT molecular complexity index is 1050. The molecule has 3 aromatic rings. The molecule has 1 aromatic carbocycles. The van der Waals surface area contributed by atoms with Gasteiger partial charge in [-0.3, -0.25) is 0 Å². The molecule has 0 amide bonds. The molecule has 2 heterocycles. The number of fused-ring (bicyclic) bond motifs is 1. The van der Waals surface area contributed by atoms with Gasteiger partial charge in [0.25, 0.3) is 0 Å². The summed E-state index contributed by atoms with van der Waals surface area (Å²) in [7, 11) is 0. The summed E-state index contributed by atoms with van der Waals surface area (Å²) >= 11 is 6.09. The molecule has 2 aromatic heterocycles. The zero-order valence-corrected chi connectivity index (χ0v) is 17.6. The number of aliphatic carboxylic acids is 1. The molecule has 4 rings (SSSR count). The highest BCUT2D eigenvalue weighted by molar-refractivity contribution is 6.30. The number of halogens is 1. The van der Waals surface area contributed by atoms with E-state index in [0.29, 0.717) is 41.0 Å². The van der Waals surface area contributed by atoms with Crippen molar-refractivity contribution in [2.75, 3.05) is 10.6 Å². The van der Waals surface area contributed by atoms with Crippen molar-refractivity contribution >= 4 is 40.5 Å². The standard InChI is InChI=1S/C21H25ClN6O2/c1-2-16(20(29)30)25-21-26-18(23-11-13-6-5-7-14(22)10-13)17-19(27-21)28(12-24-17)15-8-3-4-9-15/h5-7,10,12,15-16H,2-4,8-9,11H2,1H3,(H,29,30)(H2,23,25,26,27)/t16-/m1/s1. The Balaban J connectivity index is 1.69. The summed E-state index contributed by atoms with van der Waals surface area (Å²) in [4.78, 5) is 25.2. The van der Waals surface area contributed by atoms with Gasteiger partial charge in [0.1, 0.15) is 6.04 Å². The van der Waals surface area contributed by atoms with E-state index in [1.807, 2.05) is 37.5 Å². The molecule has 9 heteroatoms. The van der Waals surface area contributed by atoms with Gasteiger partial charge in [-0.2, -0.15) is 9.97 Å². The Morgan fingerprint density at radius 3 is 2.83 bits per heavy atom. The van der Waals surface area contributed by atoms with Crippen molar-refractivity contribution in [2.45, 2.75) is 57.7 Å². The lowest BCUT2D eigenvalue weighted by Gasteiger charge is -2.16. The number of imidazole rings is 1. The van der Waals surface area contributed by atoms with Gasteiger partial charge in [-0.15, -0.1) is 0 Å². The summed E-state index contributed by atoms with van der Waals surface area (Å²) in [6.45, 7) is 2.32. The van der Waals surface area contributed by atoms with Crippen molar-refractivity contribution in [3.8, 4) is 0 Å². The minimum atomic E-state index is -0.932. The molecule has 1 aliphatic carbocycles. The molecule has 0 unspecified atom stereocenters. The lowest BCUT2D eigenvalue weighted by atomic mass is 10.2. The molecule has 3 N–H and O–H groups in total. The predicted octanol–water partition coefficient (Wildman–Crippen LogP) is 4.48. The van der Waals surface area contributed by atoms with Gasteiger partial charge in [0.15, 0.2) is 17.0 Å². The zero-order valence-electron chi connectivity index (χ0n) is 16.8. The molecule has 1 aliphatic rings. The van der Waals surface area contributed by atoms with E-state index in [0.717, 1.165) is 18.4 Å². The molecule has 0 radical (unpaired) electrons. The van der Waals surface area contributed by atoms with E-state index < -0.39 is 12.0 Å². The number of carboxylic acid groups (broad SMARTS) is 1. The smallest absolute Gasteiger partial charge is 0.326 e. The lowest BCUT2D eigenvalue weighted by molar-refractivity contribution is -0.138. The maximum absolute atomic E-state index is 11.5. The molecule has 8 nitrogen and oxygen atoms in total. The number of nitrogens with one attached hydrogen (secondary N) is 2. The van der Waals surface area contributed by atoms with Gasteiger partial charge < -0.3 is 20.3 Å². The van der Waals surface area contributed by atoms with Crippen LogP contribution < -0.4 is 10.6 Å². The molecule has 158 valence electrons. The molecular formula is C21H25ClN6O2. The normalized spacial score (nSPS) is 15.4. The predicted molar refractivity (Wildman–Crippen MR) is 117 cm³/mol. The first-order chi connectivity index (χ1) is 14.5. The summed E-state index contributed by atoms with van der Waals surface area (Å²) in [5.41, 5.74) is 2.40. The van der Waals surface area contributed by atoms with Crippen LogP contribution in [0, 0.1) is 0 Å². The van der Waals surface area contributed by atoms with Gasteiger partial charge in [-0.25, -0.2) is 9.78 Å². The fraction of sp³-hybridized carbons (Fsp3) is 0.429. The third-order valence-corrected chi connectivity index (χ3v) is 5.73. The number of anilines is 2. The van der Waals surface area contributed by atoms with E-state index in [1.54, 1.807) is 0 Å². The minimum absolute atomic E-state index is 0.282. The highest BCUT2D eigenvalue weighted by atomic mass is 35.5. The quantitative estimate of drug-likeness (QED) is 0.485. The van der Waals surface area contributed by atoms with Gasteiger partial charge >= 0.3 is 5.97 Å². The third kappa shape index (κ3) is 4.33. The van der Waals surface area contributed by atoms with Crippen molar-refractivity contribution in [2.24, 2.45) is 0 Å². The first kappa shape index (κ1) is 20.4. The molecule has 0 bridgehead atoms. The van der Waals surface area contributed by atoms with Gasteiger partial charge in [0.05, 0.1) is 6.33 Å². The van der Waals surface area contributed by atoms with Crippen LogP contribution in [-0.2, 0) is 11.3 Å². The molecule has 0 aliphatic heterocycles. The van der Waals surface area contributed by atoms with Gasteiger partial charge in [0.2, 0.25) is 5.95 Å². The molecule has 1 fully saturated rings. The lowest BCUT2D eigenvalue weighted by Crippen LogP contribution is -2.29. The minimum Gasteiger partial charge on any atom is -0.480 e. The molecule has 0 spiro atoms. The fourth-order valence-electron chi connectivity index (χ4n) is 3.88. The zero-order chi connectivity index (χ0) is 21.1. The second-order valence-corrected chi connectivity index (χ2v) is 8.02. The highest BCUT2D eigenvalue weighted by Crippen LogP contribution is 2.33. The van der Waals surface area contributed by atoms with Crippen LogP contribution in [0.4, 0.5) is 11.8 Å². The number of rotatable bonds is 8. The molecule has 30 heavy (non-hydrogen) atoms. The number of hydrogen-bond acceptors (Lipinski definition) is 6. The summed E-state index contributed by atoms with van der Waals surface area (Å²) in [6.07, 6.45) is 6.81. The molecule has 0 saturated heterocycles. The first-order valence-corrected chi connectivity index (χ1v) is 10.6. The van der Waals surface area contributed by atoms with E-state index in [1.165, 1.54) is 12.8 Å². The second-order valence-electron chi connectivity index (χ2n) is 7.59. The maximum Gasteiger partial charge on any atom is 0.326 e. The Morgan fingerprint density at radius 2 is 2.13 bits per heavy atom. The van der Waals surface area contributed by atoms with Gasteiger partial charge in [0, 0.05) is 17.6 Å². The topological polar surface area (TPSA) is 105 Å². The average molecular weight is 429 g/mol. The van der Waals surface area contributed by atoms with Crippen LogP contribution in [-0.4, -0.2) is 36.6 Å². The van der Waals surface area contributed by atoms with Crippen LogP contribution in [0.5, 0.6) is 0 Å². The van der Waals surface area contributed by atoms with Gasteiger partial charge in [-0.1, -0.05) is 43.5 Å². The largest absolute Gasteiger partial charge is 0.480 e. The van der Waals surface area contributed by atoms with E-state index in [-0.39, 0.29) is 5.95 Å². The van der Waals surface area contributed by atoms with Crippen LogP contribution >= 0.6 is 11.6 Å². The molecule has 1 atom stereocenters. The number of nitrogens with zero attached hydrogens (tertiary/aromatic N) is 4.